The van der Waals surface area contributed by atoms with Crippen LogP contribution in [0.5, 0.6) is 11.5 Å². The van der Waals surface area contributed by atoms with Crippen LogP contribution in [0.25, 0.3) is 0 Å². The molecule has 0 spiro atoms. The number of hydrogen-bond donors (Lipinski definition) is 1. The summed E-state index contributed by atoms with van der Waals surface area (Å²) in [6.07, 6.45) is 5.72. The zero-order valence-electron chi connectivity index (χ0n) is 16.5. The van der Waals surface area contributed by atoms with Crippen molar-refractivity contribution in [3.05, 3.63) is 82.1 Å². The van der Waals surface area contributed by atoms with Gasteiger partial charge in [0, 0.05) is 18.0 Å². The van der Waals surface area contributed by atoms with Crippen molar-refractivity contribution in [2.75, 3.05) is 19.0 Å². The van der Waals surface area contributed by atoms with Crippen molar-refractivity contribution in [2.24, 2.45) is 0 Å². The Morgan fingerprint density at radius 2 is 1.73 bits per heavy atom. The fourth-order valence-electron chi connectivity index (χ4n) is 2.91. The molecular weight excluding hydrogens is 423 g/mol. The second kappa shape index (κ2) is 10.9. The Labute approximate surface area is 185 Å². The molecule has 5 nitrogen and oxygen atoms in total. The van der Waals surface area contributed by atoms with E-state index >= 15 is 0 Å². The molecule has 0 aliphatic carbocycles. The summed E-state index contributed by atoms with van der Waals surface area (Å²) in [5.41, 5.74) is 2.03. The number of amides is 1. The molecule has 156 valence electrons. The Hall–Kier alpha value is -2.76. The highest BCUT2D eigenvalue weighted by Gasteiger charge is 2.15. The lowest BCUT2D eigenvalue weighted by atomic mass is 10.1. The van der Waals surface area contributed by atoms with Crippen LogP contribution >= 0.6 is 23.2 Å². The molecule has 0 atom stereocenters. The summed E-state index contributed by atoms with van der Waals surface area (Å²) in [6, 6.07) is 15.3. The second-order valence-electron chi connectivity index (χ2n) is 6.59. The first kappa shape index (κ1) is 21.9. The third-order valence-electron chi connectivity index (χ3n) is 4.48. The lowest BCUT2D eigenvalue weighted by molar-refractivity contribution is 0.102. The van der Waals surface area contributed by atoms with E-state index in [1.807, 2.05) is 18.2 Å². The van der Waals surface area contributed by atoms with E-state index in [1.54, 1.807) is 25.3 Å². The van der Waals surface area contributed by atoms with E-state index in [1.165, 1.54) is 18.0 Å². The maximum Gasteiger partial charge on any atom is 0.255 e. The molecule has 0 radical (unpaired) electrons. The highest BCUT2D eigenvalue weighted by molar-refractivity contribution is 6.39. The minimum atomic E-state index is -0.360. The predicted molar refractivity (Wildman–Crippen MR) is 120 cm³/mol. The number of unbranched alkanes of at least 4 members (excludes halogenated alkanes) is 1. The van der Waals surface area contributed by atoms with E-state index in [4.69, 9.17) is 32.7 Å². The Morgan fingerprint density at radius 3 is 2.43 bits per heavy atom. The Balaban J connectivity index is 1.61. The molecule has 0 unspecified atom stereocenters. The average molecular weight is 445 g/mol. The standard InChI is InChI=1S/C23H22Cl2N2O3/c1-29-20-11-10-17(23(28)27-22-18(24)14-26-15-19(22)25)13-21(20)30-12-6-5-9-16-7-3-2-4-8-16/h2-4,7-8,10-11,13-15H,5-6,9,12H2,1H3,(H,26,27,28). The Bertz CT molecular complexity index is 977. The number of nitrogens with one attached hydrogen (secondary N) is 1. The summed E-state index contributed by atoms with van der Waals surface area (Å²) in [7, 11) is 1.56. The number of ether oxygens (including phenoxy) is 2. The summed E-state index contributed by atoms with van der Waals surface area (Å²) in [4.78, 5) is 16.5. The van der Waals surface area contributed by atoms with Crippen LogP contribution in [-0.4, -0.2) is 24.6 Å². The molecule has 3 aromatic rings. The van der Waals surface area contributed by atoms with Gasteiger partial charge in [-0.1, -0.05) is 53.5 Å². The Kier molecular flexibility index (Phi) is 7.94. The van der Waals surface area contributed by atoms with Crippen molar-refractivity contribution >= 4 is 34.8 Å². The van der Waals surface area contributed by atoms with Gasteiger partial charge in [-0.3, -0.25) is 9.78 Å². The average Bonchev–Trinajstić information content (AvgIpc) is 2.76. The van der Waals surface area contributed by atoms with Crippen LogP contribution in [0.2, 0.25) is 10.0 Å². The predicted octanol–water partition coefficient (Wildman–Crippen LogP) is 6.05. The number of aryl methyl sites for hydroxylation is 1. The zero-order chi connectivity index (χ0) is 21.3. The molecule has 0 aliphatic heterocycles. The summed E-state index contributed by atoms with van der Waals surface area (Å²) in [6.45, 7) is 0.524. The van der Waals surface area contributed by atoms with Crippen molar-refractivity contribution < 1.29 is 14.3 Å². The lowest BCUT2D eigenvalue weighted by Gasteiger charge is -2.13. The van der Waals surface area contributed by atoms with E-state index in [0.29, 0.717) is 29.4 Å². The van der Waals surface area contributed by atoms with Crippen LogP contribution in [-0.2, 0) is 6.42 Å². The first-order valence-corrected chi connectivity index (χ1v) is 10.3. The van der Waals surface area contributed by atoms with Gasteiger partial charge < -0.3 is 14.8 Å². The SMILES string of the molecule is COc1ccc(C(=O)Nc2c(Cl)cncc2Cl)cc1OCCCCc1ccccc1. The van der Waals surface area contributed by atoms with E-state index < -0.39 is 0 Å². The third-order valence-corrected chi connectivity index (χ3v) is 5.05. The summed E-state index contributed by atoms with van der Waals surface area (Å²) in [5.74, 6) is 0.716. The fourth-order valence-corrected chi connectivity index (χ4v) is 3.36. The number of nitrogens with zero attached hydrogens (tertiary/aromatic N) is 1. The third kappa shape index (κ3) is 5.88. The molecule has 0 aliphatic rings. The van der Waals surface area contributed by atoms with Gasteiger partial charge in [0.05, 0.1) is 29.4 Å². The van der Waals surface area contributed by atoms with Gasteiger partial charge in [-0.25, -0.2) is 0 Å². The van der Waals surface area contributed by atoms with E-state index in [-0.39, 0.29) is 16.0 Å². The molecule has 3 rings (SSSR count). The molecular formula is C23H22Cl2N2O3. The van der Waals surface area contributed by atoms with Gasteiger partial charge in [0.1, 0.15) is 0 Å². The van der Waals surface area contributed by atoms with Crippen LogP contribution < -0.4 is 14.8 Å². The number of rotatable bonds is 9. The number of pyridine rings is 1. The van der Waals surface area contributed by atoms with Gasteiger partial charge in [-0.2, -0.15) is 0 Å². The number of halogens is 2. The first-order valence-electron chi connectivity index (χ1n) is 9.53. The molecule has 30 heavy (non-hydrogen) atoms. The van der Waals surface area contributed by atoms with Crippen molar-refractivity contribution in [3.63, 3.8) is 0 Å². The van der Waals surface area contributed by atoms with Crippen molar-refractivity contribution in [3.8, 4) is 11.5 Å². The van der Waals surface area contributed by atoms with Gasteiger partial charge in [-0.05, 0) is 43.0 Å². The number of anilines is 1. The molecule has 0 fully saturated rings. The van der Waals surface area contributed by atoms with Crippen molar-refractivity contribution in [1.29, 1.82) is 0 Å². The normalized spacial score (nSPS) is 10.5. The quantitative estimate of drug-likeness (QED) is 0.408. The minimum Gasteiger partial charge on any atom is -0.493 e. The Morgan fingerprint density at radius 1 is 1.00 bits per heavy atom. The molecule has 0 saturated carbocycles. The number of carbonyl (C=O) groups is 1. The summed E-state index contributed by atoms with van der Waals surface area (Å²) in [5, 5.41) is 3.24. The molecule has 0 saturated heterocycles. The van der Waals surface area contributed by atoms with Gasteiger partial charge in [-0.15, -0.1) is 0 Å². The van der Waals surface area contributed by atoms with Crippen LogP contribution in [0.4, 0.5) is 5.69 Å². The molecule has 1 amide bonds. The molecule has 1 aromatic heterocycles. The first-order chi connectivity index (χ1) is 14.6. The van der Waals surface area contributed by atoms with Crippen LogP contribution in [0.1, 0.15) is 28.8 Å². The van der Waals surface area contributed by atoms with Gasteiger partial charge in [0.25, 0.3) is 5.91 Å². The van der Waals surface area contributed by atoms with Crippen LogP contribution in [0, 0.1) is 0 Å². The second-order valence-corrected chi connectivity index (χ2v) is 7.40. The topological polar surface area (TPSA) is 60.5 Å². The maximum atomic E-state index is 12.7. The molecule has 0 bridgehead atoms. The fraction of sp³-hybridized carbons (Fsp3) is 0.217. The zero-order valence-corrected chi connectivity index (χ0v) is 18.0. The van der Waals surface area contributed by atoms with Gasteiger partial charge >= 0.3 is 0 Å². The van der Waals surface area contributed by atoms with Crippen LogP contribution in [0.3, 0.4) is 0 Å². The molecule has 1 N–H and O–H groups in total. The maximum absolute atomic E-state index is 12.7. The van der Waals surface area contributed by atoms with Gasteiger partial charge in [0.15, 0.2) is 11.5 Å². The molecule has 7 heteroatoms. The molecule has 2 aromatic carbocycles. The number of hydrogen-bond acceptors (Lipinski definition) is 4. The van der Waals surface area contributed by atoms with Gasteiger partial charge in [0.2, 0.25) is 0 Å². The van der Waals surface area contributed by atoms with Crippen molar-refractivity contribution in [2.45, 2.75) is 19.3 Å². The van der Waals surface area contributed by atoms with E-state index in [9.17, 15) is 4.79 Å². The largest absolute Gasteiger partial charge is 0.493 e. The minimum absolute atomic E-state index is 0.263. The molecule has 1 heterocycles. The number of aromatic nitrogens is 1. The van der Waals surface area contributed by atoms with E-state index in [2.05, 4.69) is 22.4 Å². The van der Waals surface area contributed by atoms with Crippen molar-refractivity contribution in [1.82, 2.24) is 4.98 Å². The summed E-state index contributed by atoms with van der Waals surface area (Å²) >= 11 is 12.2. The highest BCUT2D eigenvalue weighted by atomic mass is 35.5. The smallest absolute Gasteiger partial charge is 0.255 e. The lowest BCUT2D eigenvalue weighted by Crippen LogP contribution is -2.13. The number of methoxy groups -OCH3 is 1. The monoisotopic (exact) mass is 444 g/mol. The van der Waals surface area contributed by atoms with E-state index in [0.717, 1.165) is 19.3 Å². The highest BCUT2D eigenvalue weighted by Crippen LogP contribution is 2.31. The van der Waals surface area contributed by atoms with Crippen LogP contribution in [0.15, 0.2) is 60.9 Å². The number of carbonyl (C=O) groups excluding carboxylic acids is 1. The summed E-state index contributed by atoms with van der Waals surface area (Å²) < 4.78 is 11.2. The number of benzene rings is 2.